The molecule has 116 valence electrons. The first-order valence-corrected chi connectivity index (χ1v) is 6.63. The first-order valence-electron chi connectivity index (χ1n) is 6.63. The first-order chi connectivity index (χ1) is 9.71. The van der Waals surface area contributed by atoms with E-state index in [0.717, 1.165) is 0 Å². The Morgan fingerprint density at radius 1 is 1.48 bits per heavy atom. The highest BCUT2D eigenvalue weighted by Crippen LogP contribution is 2.30. The molecule has 0 radical (unpaired) electrons. The van der Waals surface area contributed by atoms with Crippen molar-refractivity contribution in [3.05, 3.63) is 33.9 Å². The molecule has 0 unspecified atom stereocenters. The number of rotatable bonds is 6. The molecule has 1 aromatic carbocycles. The fourth-order valence-corrected chi connectivity index (χ4v) is 2.06. The van der Waals surface area contributed by atoms with Gasteiger partial charge < -0.3 is 16.0 Å². The van der Waals surface area contributed by atoms with Gasteiger partial charge in [-0.3, -0.25) is 14.9 Å². The van der Waals surface area contributed by atoms with E-state index in [1.165, 1.54) is 25.2 Å². The van der Waals surface area contributed by atoms with Crippen LogP contribution in [-0.2, 0) is 0 Å². The number of nitrogens with one attached hydrogen (secondary N) is 1. The number of hydrogen-bond donors (Lipinski definition) is 2. The molecular weight excluding hydrogens is 272 g/mol. The summed E-state index contributed by atoms with van der Waals surface area (Å²) in [6.45, 7) is 4.97. The van der Waals surface area contributed by atoms with Crippen LogP contribution >= 0.6 is 0 Å². The van der Waals surface area contributed by atoms with Crippen molar-refractivity contribution in [2.24, 2.45) is 11.1 Å². The maximum absolute atomic E-state index is 11.7. The molecular formula is C14H22N4O3. The van der Waals surface area contributed by atoms with Crippen LogP contribution in [-0.4, -0.2) is 38.0 Å². The lowest BCUT2D eigenvalue weighted by Gasteiger charge is -2.30. The minimum atomic E-state index is -0.449. The van der Waals surface area contributed by atoms with E-state index in [4.69, 9.17) is 5.73 Å². The molecule has 1 aromatic rings. The van der Waals surface area contributed by atoms with Crippen molar-refractivity contribution in [3.8, 4) is 0 Å². The summed E-state index contributed by atoms with van der Waals surface area (Å²) in [6.07, 6.45) is 0. The van der Waals surface area contributed by atoms with Crippen LogP contribution in [0.4, 0.5) is 11.4 Å². The average Bonchev–Trinajstić information content (AvgIpc) is 2.45. The van der Waals surface area contributed by atoms with Crippen molar-refractivity contribution in [2.75, 3.05) is 32.1 Å². The van der Waals surface area contributed by atoms with E-state index >= 15 is 0 Å². The Morgan fingerprint density at radius 3 is 2.57 bits per heavy atom. The van der Waals surface area contributed by atoms with E-state index in [0.29, 0.717) is 24.3 Å². The predicted molar refractivity (Wildman–Crippen MR) is 82.6 cm³/mol. The van der Waals surface area contributed by atoms with Gasteiger partial charge in [-0.25, -0.2) is 0 Å². The summed E-state index contributed by atoms with van der Waals surface area (Å²) in [7, 11) is 3.28. The quantitative estimate of drug-likeness (QED) is 0.609. The number of benzene rings is 1. The van der Waals surface area contributed by atoms with Gasteiger partial charge in [0, 0.05) is 32.3 Å². The van der Waals surface area contributed by atoms with E-state index in [1.54, 1.807) is 11.9 Å². The molecule has 1 rings (SSSR count). The van der Waals surface area contributed by atoms with E-state index in [1.807, 2.05) is 13.8 Å². The molecule has 0 saturated carbocycles. The van der Waals surface area contributed by atoms with Gasteiger partial charge >= 0.3 is 0 Å². The molecule has 0 fully saturated rings. The third-order valence-electron chi connectivity index (χ3n) is 3.29. The normalized spacial score (nSPS) is 11.1. The number of hydrogen-bond acceptors (Lipinski definition) is 5. The number of anilines is 1. The lowest BCUT2D eigenvalue weighted by atomic mass is 9.93. The number of nitrogens with two attached hydrogens (primary N) is 1. The molecule has 7 heteroatoms. The van der Waals surface area contributed by atoms with Gasteiger partial charge in [0.2, 0.25) is 0 Å². The lowest BCUT2D eigenvalue weighted by Crippen LogP contribution is -2.37. The second-order valence-electron chi connectivity index (χ2n) is 5.76. The Labute approximate surface area is 124 Å². The van der Waals surface area contributed by atoms with E-state index < -0.39 is 4.92 Å². The summed E-state index contributed by atoms with van der Waals surface area (Å²) in [6, 6.07) is 4.33. The van der Waals surface area contributed by atoms with Gasteiger partial charge in [0.15, 0.2) is 0 Å². The number of nitrogens with zero attached hydrogens (tertiary/aromatic N) is 2. The zero-order valence-electron chi connectivity index (χ0n) is 12.8. The molecule has 0 aliphatic carbocycles. The average molecular weight is 294 g/mol. The van der Waals surface area contributed by atoms with Crippen LogP contribution in [0.25, 0.3) is 0 Å². The highest BCUT2D eigenvalue weighted by atomic mass is 16.6. The van der Waals surface area contributed by atoms with Gasteiger partial charge in [0.05, 0.1) is 4.92 Å². The third-order valence-corrected chi connectivity index (χ3v) is 3.29. The van der Waals surface area contributed by atoms with Gasteiger partial charge in [-0.05, 0) is 24.1 Å². The van der Waals surface area contributed by atoms with Crippen LogP contribution in [0.15, 0.2) is 18.2 Å². The molecule has 21 heavy (non-hydrogen) atoms. The molecule has 0 bridgehead atoms. The molecule has 0 aliphatic rings. The number of nitro benzene ring substituents is 1. The Kier molecular flexibility index (Phi) is 5.26. The summed E-state index contributed by atoms with van der Waals surface area (Å²) in [5.74, 6) is -0.280. The molecule has 0 aromatic heterocycles. The molecule has 1 amide bonds. The summed E-state index contributed by atoms with van der Waals surface area (Å²) in [5, 5.41) is 13.7. The minimum Gasteiger partial charge on any atom is -0.368 e. The van der Waals surface area contributed by atoms with Crippen LogP contribution in [0, 0.1) is 15.5 Å². The van der Waals surface area contributed by atoms with Crippen molar-refractivity contribution < 1.29 is 9.72 Å². The molecule has 0 heterocycles. The van der Waals surface area contributed by atoms with Crippen LogP contribution in [0.3, 0.4) is 0 Å². The third kappa shape index (κ3) is 4.16. The molecule has 0 aliphatic heterocycles. The SMILES string of the molecule is CNC(=O)c1ccc([N+](=O)[O-])c(N(C)CC(C)(C)CN)c1. The van der Waals surface area contributed by atoms with Crippen molar-refractivity contribution in [2.45, 2.75) is 13.8 Å². The second-order valence-corrected chi connectivity index (χ2v) is 5.76. The highest BCUT2D eigenvalue weighted by molar-refractivity contribution is 5.95. The van der Waals surface area contributed by atoms with Gasteiger partial charge in [-0.2, -0.15) is 0 Å². The first kappa shape index (κ1) is 16.9. The molecule has 0 saturated heterocycles. The summed E-state index contributed by atoms with van der Waals surface area (Å²) >= 11 is 0. The van der Waals surface area contributed by atoms with Crippen LogP contribution in [0.1, 0.15) is 24.2 Å². The van der Waals surface area contributed by atoms with Crippen LogP contribution in [0.2, 0.25) is 0 Å². The topological polar surface area (TPSA) is 101 Å². The maximum atomic E-state index is 11.7. The van der Waals surface area contributed by atoms with Crippen molar-refractivity contribution >= 4 is 17.3 Å². The van der Waals surface area contributed by atoms with Gasteiger partial charge in [0.25, 0.3) is 11.6 Å². The molecule has 0 atom stereocenters. The van der Waals surface area contributed by atoms with Crippen LogP contribution < -0.4 is 16.0 Å². The Balaban J connectivity index is 3.23. The van der Waals surface area contributed by atoms with Crippen molar-refractivity contribution in [1.82, 2.24) is 5.32 Å². The molecule has 0 spiro atoms. The fraction of sp³-hybridized carbons (Fsp3) is 0.500. The smallest absolute Gasteiger partial charge is 0.292 e. The molecule has 7 nitrogen and oxygen atoms in total. The predicted octanol–water partition coefficient (Wildman–Crippen LogP) is 1.38. The number of carbonyl (C=O) groups excluding carboxylic acids is 1. The maximum Gasteiger partial charge on any atom is 0.292 e. The van der Waals surface area contributed by atoms with Gasteiger partial charge in [-0.15, -0.1) is 0 Å². The molecule has 3 N–H and O–H groups in total. The number of carbonyl (C=O) groups is 1. The summed E-state index contributed by atoms with van der Waals surface area (Å²) in [4.78, 5) is 24.2. The second kappa shape index (κ2) is 6.53. The van der Waals surface area contributed by atoms with E-state index in [2.05, 4.69) is 5.32 Å². The lowest BCUT2D eigenvalue weighted by molar-refractivity contribution is -0.384. The zero-order chi connectivity index (χ0) is 16.2. The Hall–Kier alpha value is -2.15. The van der Waals surface area contributed by atoms with Gasteiger partial charge in [0.1, 0.15) is 5.69 Å². The monoisotopic (exact) mass is 294 g/mol. The summed E-state index contributed by atoms with van der Waals surface area (Å²) in [5.41, 5.74) is 6.28. The largest absolute Gasteiger partial charge is 0.368 e. The van der Waals surface area contributed by atoms with Crippen molar-refractivity contribution in [1.29, 1.82) is 0 Å². The highest BCUT2D eigenvalue weighted by Gasteiger charge is 2.24. The Bertz CT molecular complexity index is 543. The van der Waals surface area contributed by atoms with E-state index in [-0.39, 0.29) is 17.0 Å². The summed E-state index contributed by atoms with van der Waals surface area (Å²) < 4.78 is 0. The van der Waals surface area contributed by atoms with Gasteiger partial charge in [-0.1, -0.05) is 13.8 Å². The Morgan fingerprint density at radius 2 is 2.10 bits per heavy atom. The van der Waals surface area contributed by atoms with Crippen molar-refractivity contribution in [3.63, 3.8) is 0 Å². The standard InChI is InChI=1S/C14H22N4O3/c1-14(2,8-15)9-17(4)12-7-10(13(19)16-3)5-6-11(12)18(20)21/h5-7H,8-9,15H2,1-4H3,(H,16,19). The fourth-order valence-electron chi connectivity index (χ4n) is 2.06. The van der Waals surface area contributed by atoms with Crippen LogP contribution in [0.5, 0.6) is 0 Å². The zero-order valence-corrected chi connectivity index (χ0v) is 12.8. The number of nitro groups is 1. The van der Waals surface area contributed by atoms with E-state index in [9.17, 15) is 14.9 Å². The number of amides is 1. The minimum absolute atomic E-state index is 0.0297.